The molecule has 0 atom stereocenters. The third-order valence-electron chi connectivity index (χ3n) is 3.20. The van der Waals surface area contributed by atoms with Crippen LogP contribution in [0.15, 0.2) is 11.4 Å². The van der Waals surface area contributed by atoms with Crippen LogP contribution in [0.1, 0.15) is 16.9 Å². The molecular weight excluding hydrogens is 340 g/mol. The minimum atomic E-state index is 0. The first-order valence-corrected chi connectivity index (χ1v) is 8.68. The third kappa shape index (κ3) is 4.81. The summed E-state index contributed by atoms with van der Waals surface area (Å²) in [5.74, 6) is 0.437. The van der Waals surface area contributed by atoms with E-state index in [-0.39, 0.29) is 18.3 Å². The average Bonchev–Trinajstić information content (AvgIpc) is 2.77. The van der Waals surface area contributed by atoms with E-state index in [1.165, 1.54) is 22.2 Å². The van der Waals surface area contributed by atoms with Gasteiger partial charge in [-0.1, -0.05) is 11.8 Å². The van der Waals surface area contributed by atoms with Crippen LogP contribution in [-0.4, -0.2) is 41.8 Å². The summed E-state index contributed by atoms with van der Waals surface area (Å²) in [6.45, 7) is 5.79. The number of aromatic nitrogens is 2. The minimum Gasteiger partial charge on any atom is -0.355 e. The number of carbonyl (C=O) groups is 1. The van der Waals surface area contributed by atoms with Crippen LogP contribution in [0.3, 0.4) is 0 Å². The quantitative estimate of drug-likeness (QED) is 0.451. The van der Waals surface area contributed by atoms with Crippen LogP contribution < -0.4 is 10.6 Å². The van der Waals surface area contributed by atoms with E-state index < -0.39 is 0 Å². The molecule has 8 heteroatoms. The number of fused-ring (bicyclic) bond motifs is 1. The van der Waals surface area contributed by atoms with E-state index in [4.69, 9.17) is 0 Å². The molecule has 0 radical (unpaired) electrons. The highest BCUT2D eigenvalue weighted by atomic mass is 35.5. The van der Waals surface area contributed by atoms with Crippen molar-refractivity contribution in [2.75, 3.05) is 25.9 Å². The van der Waals surface area contributed by atoms with Crippen molar-refractivity contribution in [3.05, 3.63) is 16.8 Å². The Morgan fingerprint density at radius 2 is 2.09 bits per heavy atom. The van der Waals surface area contributed by atoms with Crippen molar-refractivity contribution in [1.29, 1.82) is 0 Å². The van der Waals surface area contributed by atoms with Crippen LogP contribution in [0.4, 0.5) is 0 Å². The van der Waals surface area contributed by atoms with Gasteiger partial charge in [0.1, 0.15) is 16.2 Å². The Morgan fingerprint density at radius 3 is 2.82 bits per heavy atom. The van der Waals surface area contributed by atoms with Crippen molar-refractivity contribution in [1.82, 2.24) is 20.6 Å². The second-order valence-corrected chi connectivity index (χ2v) is 6.91. The number of hydrogen-bond acceptors (Lipinski definition) is 6. The van der Waals surface area contributed by atoms with Crippen LogP contribution in [-0.2, 0) is 4.79 Å². The van der Waals surface area contributed by atoms with Gasteiger partial charge in [-0.2, -0.15) is 0 Å². The highest BCUT2D eigenvalue weighted by Crippen LogP contribution is 2.34. The van der Waals surface area contributed by atoms with Gasteiger partial charge in [0.25, 0.3) is 0 Å². The average molecular weight is 361 g/mol. The Labute approximate surface area is 145 Å². The SMILES string of the molecule is CNCCCNC(=O)CSc1ncnc2sc(C)c(C)c12.Cl. The summed E-state index contributed by atoms with van der Waals surface area (Å²) >= 11 is 3.15. The number of nitrogens with zero attached hydrogens (tertiary/aromatic N) is 2. The van der Waals surface area contributed by atoms with Crippen molar-refractivity contribution in [3.8, 4) is 0 Å². The molecule has 2 N–H and O–H groups in total. The molecule has 2 heterocycles. The topological polar surface area (TPSA) is 66.9 Å². The van der Waals surface area contributed by atoms with Crippen LogP contribution in [0.25, 0.3) is 10.2 Å². The van der Waals surface area contributed by atoms with Crippen molar-refractivity contribution < 1.29 is 4.79 Å². The van der Waals surface area contributed by atoms with E-state index in [0.29, 0.717) is 12.3 Å². The number of carbonyl (C=O) groups excluding carboxylic acids is 1. The number of halogens is 1. The van der Waals surface area contributed by atoms with Gasteiger partial charge >= 0.3 is 0 Å². The molecule has 0 aromatic carbocycles. The molecule has 0 bridgehead atoms. The van der Waals surface area contributed by atoms with Crippen molar-refractivity contribution in [3.63, 3.8) is 0 Å². The lowest BCUT2D eigenvalue weighted by Gasteiger charge is -2.05. The van der Waals surface area contributed by atoms with Crippen molar-refractivity contribution in [2.24, 2.45) is 0 Å². The lowest BCUT2D eigenvalue weighted by atomic mass is 10.2. The zero-order valence-electron chi connectivity index (χ0n) is 12.9. The summed E-state index contributed by atoms with van der Waals surface area (Å²) in [6.07, 6.45) is 2.51. The number of aryl methyl sites for hydroxylation is 2. The predicted molar refractivity (Wildman–Crippen MR) is 96.4 cm³/mol. The Morgan fingerprint density at radius 1 is 1.32 bits per heavy atom. The largest absolute Gasteiger partial charge is 0.355 e. The second-order valence-electron chi connectivity index (χ2n) is 4.74. The molecule has 0 fully saturated rings. The lowest BCUT2D eigenvalue weighted by Crippen LogP contribution is -2.28. The normalized spacial score (nSPS) is 10.5. The summed E-state index contributed by atoms with van der Waals surface area (Å²) in [6, 6.07) is 0. The molecule has 0 aliphatic heterocycles. The van der Waals surface area contributed by atoms with E-state index in [9.17, 15) is 4.79 Å². The van der Waals surface area contributed by atoms with E-state index in [0.717, 1.165) is 28.2 Å². The van der Waals surface area contributed by atoms with E-state index >= 15 is 0 Å². The summed E-state index contributed by atoms with van der Waals surface area (Å²) in [5.41, 5.74) is 1.22. The number of nitrogens with one attached hydrogen (secondary N) is 2. The molecule has 0 aliphatic carbocycles. The van der Waals surface area contributed by atoms with E-state index in [1.54, 1.807) is 17.7 Å². The molecule has 22 heavy (non-hydrogen) atoms. The van der Waals surface area contributed by atoms with Crippen LogP contribution in [0, 0.1) is 13.8 Å². The van der Waals surface area contributed by atoms with Gasteiger partial charge in [-0.25, -0.2) is 9.97 Å². The standard InChI is InChI=1S/C14H20N4OS2.ClH/c1-9-10(2)21-14-12(9)13(17-8-18-14)20-7-11(19)16-6-4-5-15-3;/h8,15H,4-7H2,1-3H3,(H,16,19);1H. The van der Waals surface area contributed by atoms with Crippen LogP contribution in [0.5, 0.6) is 0 Å². The van der Waals surface area contributed by atoms with Gasteiger partial charge in [0.05, 0.1) is 5.75 Å². The molecule has 2 rings (SSSR count). The molecule has 122 valence electrons. The Hall–Kier alpha value is -0.890. The van der Waals surface area contributed by atoms with Gasteiger partial charge in [0.15, 0.2) is 0 Å². The van der Waals surface area contributed by atoms with Crippen LogP contribution in [0.2, 0.25) is 0 Å². The second kappa shape index (κ2) is 9.29. The summed E-state index contributed by atoms with van der Waals surface area (Å²) < 4.78 is 0. The lowest BCUT2D eigenvalue weighted by molar-refractivity contribution is -0.118. The maximum Gasteiger partial charge on any atom is 0.230 e. The zero-order chi connectivity index (χ0) is 15.2. The monoisotopic (exact) mass is 360 g/mol. The fourth-order valence-electron chi connectivity index (χ4n) is 1.94. The maximum atomic E-state index is 11.8. The molecule has 2 aromatic rings. The van der Waals surface area contributed by atoms with Gasteiger partial charge in [-0.3, -0.25) is 4.79 Å². The van der Waals surface area contributed by atoms with Gasteiger partial charge in [0, 0.05) is 16.8 Å². The van der Waals surface area contributed by atoms with Gasteiger partial charge in [-0.05, 0) is 39.4 Å². The molecular formula is C14H21ClN4OS2. The maximum absolute atomic E-state index is 11.8. The van der Waals surface area contributed by atoms with Crippen molar-refractivity contribution >= 4 is 51.6 Å². The first kappa shape index (κ1) is 19.2. The molecule has 0 saturated heterocycles. The Balaban J connectivity index is 0.00000242. The highest BCUT2D eigenvalue weighted by Gasteiger charge is 2.13. The molecule has 0 aliphatic rings. The fourth-order valence-corrected chi connectivity index (χ4v) is 3.88. The Kier molecular flexibility index (Phi) is 8.09. The predicted octanol–water partition coefficient (Wildman–Crippen LogP) is 2.55. The zero-order valence-corrected chi connectivity index (χ0v) is 15.4. The van der Waals surface area contributed by atoms with E-state index in [1.807, 2.05) is 7.05 Å². The van der Waals surface area contributed by atoms with Crippen molar-refractivity contribution in [2.45, 2.75) is 25.3 Å². The summed E-state index contributed by atoms with van der Waals surface area (Å²) in [5, 5.41) is 7.96. The smallest absolute Gasteiger partial charge is 0.230 e. The molecule has 5 nitrogen and oxygen atoms in total. The number of rotatable bonds is 7. The first-order chi connectivity index (χ1) is 10.1. The Bertz CT molecular complexity index is 633. The number of hydrogen-bond donors (Lipinski definition) is 2. The van der Waals surface area contributed by atoms with Gasteiger partial charge in [-0.15, -0.1) is 23.7 Å². The molecule has 1 amide bonds. The molecule has 0 unspecified atom stereocenters. The number of amides is 1. The molecule has 0 saturated carbocycles. The fraction of sp³-hybridized carbons (Fsp3) is 0.500. The highest BCUT2D eigenvalue weighted by molar-refractivity contribution is 8.00. The number of thiophene rings is 1. The summed E-state index contributed by atoms with van der Waals surface area (Å²) in [7, 11) is 1.91. The van der Waals surface area contributed by atoms with Crippen LogP contribution >= 0.6 is 35.5 Å². The first-order valence-electron chi connectivity index (χ1n) is 6.88. The van der Waals surface area contributed by atoms with Gasteiger partial charge < -0.3 is 10.6 Å². The summed E-state index contributed by atoms with van der Waals surface area (Å²) in [4.78, 5) is 22.7. The van der Waals surface area contributed by atoms with Gasteiger partial charge in [0.2, 0.25) is 5.91 Å². The molecule has 2 aromatic heterocycles. The third-order valence-corrected chi connectivity index (χ3v) is 5.30. The van der Waals surface area contributed by atoms with E-state index in [2.05, 4.69) is 34.4 Å². The number of thioether (sulfide) groups is 1. The molecule has 0 spiro atoms. The minimum absolute atomic E-state index is 0.